The second-order valence-corrected chi connectivity index (χ2v) is 7.87. The molecule has 1 aromatic heterocycles. The third-order valence-electron chi connectivity index (χ3n) is 4.51. The van der Waals surface area contributed by atoms with Crippen LogP contribution in [0.1, 0.15) is 42.4 Å². The van der Waals surface area contributed by atoms with Crippen LogP contribution in [0.15, 0.2) is 47.6 Å². The van der Waals surface area contributed by atoms with Crippen LogP contribution in [0.4, 0.5) is 0 Å². The van der Waals surface area contributed by atoms with Crippen molar-refractivity contribution in [3.63, 3.8) is 0 Å². The number of aliphatic imine (C=N–C) groups is 1. The number of thioether (sulfide) groups is 1. The number of carbonyl (C=O) groups is 2. The number of benzene rings is 1. The molecule has 0 unspecified atom stereocenters. The van der Waals surface area contributed by atoms with Crippen LogP contribution in [-0.2, 0) is 16.8 Å². The van der Waals surface area contributed by atoms with Crippen molar-refractivity contribution in [2.24, 2.45) is 16.5 Å². The van der Waals surface area contributed by atoms with E-state index in [1.807, 2.05) is 24.3 Å². The number of Topliss-reactive ketones (excluding diaryl/α,β-unsaturated/α-hetero) is 1. The molecule has 4 N–H and O–H groups in total. The number of hydrogen-bond donors (Lipinski definition) is 2. The molecule has 8 heteroatoms. The van der Waals surface area contributed by atoms with E-state index in [1.54, 1.807) is 23.9 Å². The number of amides is 1. The monoisotopic (exact) mass is 414 g/mol. The zero-order chi connectivity index (χ0) is 20.1. The Morgan fingerprint density at radius 2 is 2.07 bits per heavy atom. The van der Waals surface area contributed by atoms with Crippen molar-refractivity contribution in [1.82, 2.24) is 4.98 Å². The van der Waals surface area contributed by atoms with Crippen LogP contribution in [0, 0.1) is 0 Å². The van der Waals surface area contributed by atoms with Crippen LogP contribution in [0.25, 0.3) is 0 Å². The number of ketones is 1. The summed E-state index contributed by atoms with van der Waals surface area (Å²) in [6.45, 7) is 1.83. The number of pyridine rings is 1. The lowest BCUT2D eigenvalue weighted by atomic mass is 9.88. The molecule has 1 aromatic carbocycles. The van der Waals surface area contributed by atoms with E-state index >= 15 is 0 Å². The van der Waals surface area contributed by atoms with E-state index in [0.29, 0.717) is 16.6 Å². The Morgan fingerprint density at radius 3 is 2.72 bits per heavy atom. The highest BCUT2D eigenvalue weighted by Crippen LogP contribution is 2.35. The number of amidine groups is 1. The van der Waals surface area contributed by atoms with Gasteiger partial charge in [-0.2, -0.15) is 0 Å². The quantitative estimate of drug-likeness (QED) is 0.672. The largest absolute Gasteiger partial charge is 0.482 e. The molecule has 0 saturated heterocycles. The van der Waals surface area contributed by atoms with Crippen molar-refractivity contribution < 1.29 is 14.3 Å². The molecule has 2 aromatic rings. The summed E-state index contributed by atoms with van der Waals surface area (Å²) in [6, 6.07) is 11.1. The highest BCUT2D eigenvalue weighted by Gasteiger charge is 2.29. The fourth-order valence-corrected chi connectivity index (χ4v) is 3.95. The number of aromatic nitrogens is 1. The number of nitrogens with two attached hydrogens (primary N) is 2. The molecule has 1 aliphatic rings. The summed E-state index contributed by atoms with van der Waals surface area (Å²) in [5, 5.41) is 0.595. The lowest BCUT2D eigenvalue weighted by Gasteiger charge is -2.30. The maximum absolute atomic E-state index is 12.6. The fraction of sp³-hybridized carbons (Fsp3) is 0.333. The second kappa shape index (κ2) is 9.56. The molecule has 0 aliphatic carbocycles. The van der Waals surface area contributed by atoms with Gasteiger partial charge in [0.05, 0.1) is 11.7 Å². The lowest BCUT2D eigenvalue weighted by Crippen LogP contribution is -2.28. The highest BCUT2D eigenvalue weighted by molar-refractivity contribution is 8.13. The van der Waals surface area contributed by atoms with Gasteiger partial charge in [0.25, 0.3) is 5.91 Å². The van der Waals surface area contributed by atoms with Crippen molar-refractivity contribution in [2.75, 3.05) is 12.4 Å². The van der Waals surface area contributed by atoms with Crippen molar-refractivity contribution in [3.05, 3.63) is 59.4 Å². The SMILES string of the molecule is C.C[C@@]1(c2cccc(CC(=O)c3ccc(OCC(N)=O)cn3)c2)CCSC(N)=N1. The van der Waals surface area contributed by atoms with E-state index in [-0.39, 0.29) is 31.8 Å². The van der Waals surface area contributed by atoms with Crippen LogP contribution in [0.3, 0.4) is 0 Å². The van der Waals surface area contributed by atoms with Crippen LogP contribution < -0.4 is 16.2 Å². The molecular weight excluding hydrogens is 388 g/mol. The maximum Gasteiger partial charge on any atom is 0.255 e. The molecule has 3 rings (SSSR count). The number of hydrogen-bond acceptors (Lipinski definition) is 7. The van der Waals surface area contributed by atoms with Crippen LogP contribution in [0.2, 0.25) is 0 Å². The third-order valence-corrected chi connectivity index (χ3v) is 5.31. The topological polar surface area (TPSA) is 121 Å². The average Bonchev–Trinajstić information content (AvgIpc) is 2.67. The highest BCUT2D eigenvalue weighted by atomic mass is 32.2. The first-order valence-electron chi connectivity index (χ1n) is 8.84. The molecular formula is C21H26N4O3S. The summed E-state index contributed by atoms with van der Waals surface area (Å²) in [6.07, 6.45) is 2.53. The molecule has 1 aliphatic heterocycles. The molecule has 0 saturated carbocycles. The average molecular weight is 415 g/mol. The van der Waals surface area contributed by atoms with Crippen LogP contribution in [0.5, 0.6) is 5.75 Å². The van der Waals surface area contributed by atoms with Gasteiger partial charge >= 0.3 is 0 Å². The third kappa shape index (κ3) is 5.80. The first-order valence-corrected chi connectivity index (χ1v) is 9.82. The fourth-order valence-electron chi connectivity index (χ4n) is 2.97. The van der Waals surface area contributed by atoms with E-state index in [9.17, 15) is 9.59 Å². The summed E-state index contributed by atoms with van der Waals surface area (Å²) >= 11 is 1.56. The van der Waals surface area contributed by atoms with Crippen molar-refractivity contribution >= 4 is 28.6 Å². The molecule has 1 atom stereocenters. The summed E-state index contributed by atoms with van der Waals surface area (Å²) in [5.41, 5.74) is 12.8. The number of carbonyl (C=O) groups excluding carboxylic acids is 2. The van der Waals surface area contributed by atoms with Crippen molar-refractivity contribution in [2.45, 2.75) is 32.7 Å². The molecule has 7 nitrogen and oxygen atoms in total. The summed E-state index contributed by atoms with van der Waals surface area (Å²) in [5.74, 6) is 0.626. The zero-order valence-corrected chi connectivity index (χ0v) is 16.4. The Kier molecular flexibility index (Phi) is 7.39. The molecule has 2 heterocycles. The maximum atomic E-state index is 12.6. The standard InChI is InChI=1S/C20H22N4O3S.CH4/c1-20(7-8-28-19(22)24-20)14-4-2-3-13(9-14)10-17(25)16-6-5-15(11-23-16)27-12-18(21)26;/h2-6,9,11H,7-8,10,12H2,1H3,(H2,21,26)(H2,22,24);1H4/t20-;/m0./s1. The number of primary amides is 1. The molecule has 0 bridgehead atoms. The Labute approximate surface area is 174 Å². The number of ether oxygens (including phenoxy) is 1. The minimum absolute atomic E-state index is 0. The van der Waals surface area contributed by atoms with E-state index in [1.165, 1.54) is 6.20 Å². The van der Waals surface area contributed by atoms with E-state index < -0.39 is 5.91 Å². The normalized spacial score (nSPS) is 18.3. The number of nitrogens with zero attached hydrogens (tertiary/aromatic N) is 2. The van der Waals surface area contributed by atoms with Gasteiger partial charge in [-0.3, -0.25) is 14.6 Å². The first-order chi connectivity index (χ1) is 13.4. The summed E-state index contributed by atoms with van der Waals surface area (Å²) < 4.78 is 5.15. The molecule has 154 valence electrons. The van der Waals surface area contributed by atoms with Gasteiger partial charge in [-0.15, -0.1) is 0 Å². The van der Waals surface area contributed by atoms with Crippen LogP contribution >= 0.6 is 11.8 Å². The van der Waals surface area contributed by atoms with E-state index in [2.05, 4.69) is 16.9 Å². The van der Waals surface area contributed by atoms with E-state index in [4.69, 9.17) is 16.2 Å². The smallest absolute Gasteiger partial charge is 0.255 e. The van der Waals surface area contributed by atoms with Crippen molar-refractivity contribution in [1.29, 1.82) is 0 Å². The van der Waals surface area contributed by atoms with E-state index in [0.717, 1.165) is 23.3 Å². The Hall–Kier alpha value is -2.87. The van der Waals surface area contributed by atoms with Crippen LogP contribution in [-0.4, -0.2) is 34.2 Å². The predicted octanol–water partition coefficient (Wildman–Crippen LogP) is 2.67. The Bertz CT molecular complexity index is 914. The predicted molar refractivity (Wildman–Crippen MR) is 116 cm³/mol. The first kappa shape index (κ1) is 22.4. The Balaban J connectivity index is 0.00000300. The van der Waals surface area contributed by atoms with Gasteiger partial charge in [0.1, 0.15) is 11.4 Å². The van der Waals surface area contributed by atoms with Gasteiger partial charge in [0, 0.05) is 12.2 Å². The summed E-state index contributed by atoms with van der Waals surface area (Å²) in [7, 11) is 0. The zero-order valence-electron chi connectivity index (χ0n) is 15.6. The second-order valence-electron chi connectivity index (χ2n) is 6.76. The molecule has 1 amide bonds. The molecule has 0 fully saturated rings. The minimum Gasteiger partial charge on any atom is -0.482 e. The lowest BCUT2D eigenvalue weighted by molar-refractivity contribution is -0.119. The summed E-state index contributed by atoms with van der Waals surface area (Å²) in [4.78, 5) is 32.1. The minimum atomic E-state index is -0.573. The molecule has 0 spiro atoms. The van der Waals surface area contributed by atoms with Crippen molar-refractivity contribution in [3.8, 4) is 5.75 Å². The van der Waals surface area contributed by atoms with Gasteiger partial charge in [-0.05, 0) is 36.6 Å². The van der Waals surface area contributed by atoms with Gasteiger partial charge in [0.15, 0.2) is 17.6 Å². The van der Waals surface area contributed by atoms with Gasteiger partial charge in [0.2, 0.25) is 0 Å². The Morgan fingerprint density at radius 1 is 1.28 bits per heavy atom. The van der Waals surface area contributed by atoms with Gasteiger partial charge in [-0.25, -0.2) is 4.98 Å². The van der Waals surface area contributed by atoms with Gasteiger partial charge < -0.3 is 16.2 Å². The van der Waals surface area contributed by atoms with Gasteiger partial charge in [-0.1, -0.05) is 43.5 Å². The molecule has 29 heavy (non-hydrogen) atoms. The molecule has 0 radical (unpaired) electrons. The number of rotatable bonds is 7.